The van der Waals surface area contributed by atoms with Crippen LogP contribution in [0.1, 0.15) is 20.3 Å². The third-order valence-corrected chi connectivity index (χ3v) is 3.52. The van der Waals surface area contributed by atoms with E-state index in [4.69, 9.17) is 9.47 Å². The SMILES string of the molecule is CCC(C)Oc1ccc(NC(=O)CN2CCOCC2)cc1. The number of carbonyl (C=O) groups excluding carboxylic acids is 1. The molecule has 1 aromatic rings. The van der Waals surface area contributed by atoms with Gasteiger partial charge in [-0.3, -0.25) is 9.69 Å². The number of nitrogens with one attached hydrogen (secondary N) is 1. The van der Waals surface area contributed by atoms with Gasteiger partial charge in [-0.15, -0.1) is 0 Å². The largest absolute Gasteiger partial charge is 0.491 e. The molecule has 116 valence electrons. The highest BCUT2D eigenvalue weighted by atomic mass is 16.5. The lowest BCUT2D eigenvalue weighted by atomic mass is 10.2. The van der Waals surface area contributed by atoms with Gasteiger partial charge in [-0.2, -0.15) is 0 Å². The van der Waals surface area contributed by atoms with Crippen molar-refractivity contribution in [1.82, 2.24) is 4.90 Å². The lowest BCUT2D eigenvalue weighted by molar-refractivity contribution is -0.118. The summed E-state index contributed by atoms with van der Waals surface area (Å²) in [6.07, 6.45) is 1.17. The zero-order chi connectivity index (χ0) is 15.1. The molecule has 0 aliphatic carbocycles. The predicted octanol–water partition coefficient (Wildman–Crippen LogP) is 2.13. The fourth-order valence-electron chi connectivity index (χ4n) is 2.10. The third kappa shape index (κ3) is 5.36. The van der Waals surface area contributed by atoms with Crippen LogP contribution in [-0.2, 0) is 9.53 Å². The normalized spacial score (nSPS) is 17.2. The summed E-state index contributed by atoms with van der Waals surface area (Å²) in [7, 11) is 0. The molecule has 1 aliphatic rings. The van der Waals surface area contributed by atoms with Gasteiger partial charge in [0.15, 0.2) is 0 Å². The van der Waals surface area contributed by atoms with Crippen LogP contribution in [0.2, 0.25) is 0 Å². The Labute approximate surface area is 126 Å². The summed E-state index contributed by atoms with van der Waals surface area (Å²) in [5.41, 5.74) is 0.796. The number of amides is 1. The first kappa shape index (κ1) is 15.8. The van der Waals surface area contributed by atoms with E-state index in [1.165, 1.54) is 0 Å². The molecule has 0 spiro atoms. The second-order valence-corrected chi connectivity index (χ2v) is 5.30. The summed E-state index contributed by atoms with van der Waals surface area (Å²) in [5, 5.41) is 2.91. The van der Waals surface area contributed by atoms with E-state index in [1.807, 2.05) is 31.2 Å². The van der Waals surface area contributed by atoms with Crippen LogP contribution in [0.25, 0.3) is 0 Å². The van der Waals surface area contributed by atoms with Gasteiger partial charge in [0.2, 0.25) is 5.91 Å². The van der Waals surface area contributed by atoms with Gasteiger partial charge in [0.25, 0.3) is 0 Å². The Bertz CT molecular complexity index is 441. The Morgan fingerprint density at radius 1 is 1.33 bits per heavy atom. The molecule has 1 N–H and O–H groups in total. The van der Waals surface area contributed by atoms with Crippen LogP contribution < -0.4 is 10.1 Å². The summed E-state index contributed by atoms with van der Waals surface area (Å²) < 4.78 is 11.0. The highest BCUT2D eigenvalue weighted by molar-refractivity contribution is 5.92. The molecule has 21 heavy (non-hydrogen) atoms. The van der Waals surface area contributed by atoms with E-state index < -0.39 is 0 Å². The lowest BCUT2D eigenvalue weighted by Gasteiger charge is -2.25. The van der Waals surface area contributed by atoms with Gasteiger partial charge in [0.05, 0.1) is 25.9 Å². The van der Waals surface area contributed by atoms with Crippen LogP contribution in [0.4, 0.5) is 5.69 Å². The van der Waals surface area contributed by atoms with Gasteiger partial charge in [0.1, 0.15) is 5.75 Å². The number of benzene rings is 1. The van der Waals surface area contributed by atoms with Crippen LogP contribution in [-0.4, -0.2) is 49.8 Å². The quantitative estimate of drug-likeness (QED) is 0.872. The molecule has 1 heterocycles. The first-order valence-corrected chi connectivity index (χ1v) is 7.54. The molecule has 1 aromatic carbocycles. The molecule has 1 saturated heterocycles. The Kier molecular flexibility index (Phi) is 6.02. The van der Waals surface area contributed by atoms with Crippen molar-refractivity contribution in [2.75, 3.05) is 38.2 Å². The van der Waals surface area contributed by atoms with Crippen molar-refractivity contribution < 1.29 is 14.3 Å². The number of anilines is 1. The van der Waals surface area contributed by atoms with Crippen molar-refractivity contribution in [3.05, 3.63) is 24.3 Å². The van der Waals surface area contributed by atoms with Gasteiger partial charge < -0.3 is 14.8 Å². The van der Waals surface area contributed by atoms with Crippen LogP contribution in [0, 0.1) is 0 Å². The van der Waals surface area contributed by atoms with E-state index in [2.05, 4.69) is 17.1 Å². The lowest BCUT2D eigenvalue weighted by Crippen LogP contribution is -2.41. The minimum atomic E-state index is 0.00694. The van der Waals surface area contributed by atoms with E-state index >= 15 is 0 Å². The molecule has 5 nitrogen and oxygen atoms in total. The zero-order valence-electron chi connectivity index (χ0n) is 12.8. The molecular weight excluding hydrogens is 268 g/mol. The summed E-state index contributed by atoms with van der Waals surface area (Å²) >= 11 is 0. The molecule has 1 fully saturated rings. The molecule has 0 radical (unpaired) electrons. The Balaban J connectivity index is 1.80. The molecule has 0 saturated carbocycles. The predicted molar refractivity (Wildman–Crippen MR) is 82.7 cm³/mol. The van der Waals surface area contributed by atoms with Gasteiger partial charge in [-0.1, -0.05) is 6.92 Å². The summed E-state index contributed by atoms with van der Waals surface area (Å²) in [4.78, 5) is 14.1. The summed E-state index contributed by atoms with van der Waals surface area (Å²) in [6, 6.07) is 7.51. The average Bonchev–Trinajstić information content (AvgIpc) is 2.50. The van der Waals surface area contributed by atoms with Crippen molar-refractivity contribution >= 4 is 11.6 Å². The van der Waals surface area contributed by atoms with Crippen molar-refractivity contribution in [1.29, 1.82) is 0 Å². The van der Waals surface area contributed by atoms with E-state index in [9.17, 15) is 4.79 Å². The van der Waals surface area contributed by atoms with E-state index in [1.54, 1.807) is 0 Å². The number of morpholine rings is 1. The maximum absolute atomic E-state index is 12.0. The maximum atomic E-state index is 12.0. The minimum Gasteiger partial charge on any atom is -0.491 e. The Morgan fingerprint density at radius 2 is 2.00 bits per heavy atom. The first-order chi connectivity index (χ1) is 10.2. The summed E-state index contributed by atoms with van der Waals surface area (Å²) in [6.45, 7) is 7.57. The van der Waals surface area contributed by atoms with Gasteiger partial charge >= 0.3 is 0 Å². The first-order valence-electron chi connectivity index (χ1n) is 7.54. The fourth-order valence-corrected chi connectivity index (χ4v) is 2.10. The van der Waals surface area contributed by atoms with E-state index in [0.717, 1.165) is 30.9 Å². The minimum absolute atomic E-state index is 0.00694. The maximum Gasteiger partial charge on any atom is 0.238 e. The number of hydrogen-bond acceptors (Lipinski definition) is 4. The number of ether oxygens (including phenoxy) is 2. The Morgan fingerprint density at radius 3 is 2.62 bits per heavy atom. The second kappa shape index (κ2) is 8.00. The van der Waals surface area contributed by atoms with Crippen molar-refractivity contribution in [3.63, 3.8) is 0 Å². The number of rotatable bonds is 6. The highest BCUT2D eigenvalue weighted by Crippen LogP contribution is 2.17. The van der Waals surface area contributed by atoms with Crippen LogP contribution in [0.3, 0.4) is 0 Å². The summed E-state index contributed by atoms with van der Waals surface area (Å²) in [5.74, 6) is 0.836. The van der Waals surface area contributed by atoms with Crippen molar-refractivity contribution in [3.8, 4) is 5.75 Å². The Hall–Kier alpha value is -1.59. The molecule has 1 atom stereocenters. The van der Waals surface area contributed by atoms with Gasteiger partial charge in [0, 0.05) is 18.8 Å². The fraction of sp³-hybridized carbons (Fsp3) is 0.562. The van der Waals surface area contributed by atoms with Gasteiger partial charge in [-0.05, 0) is 37.6 Å². The zero-order valence-corrected chi connectivity index (χ0v) is 12.8. The highest BCUT2D eigenvalue weighted by Gasteiger charge is 2.14. The van der Waals surface area contributed by atoms with Crippen LogP contribution in [0.5, 0.6) is 5.75 Å². The van der Waals surface area contributed by atoms with Crippen LogP contribution >= 0.6 is 0 Å². The molecule has 0 aromatic heterocycles. The van der Waals surface area contributed by atoms with E-state index in [-0.39, 0.29) is 12.0 Å². The van der Waals surface area contributed by atoms with E-state index in [0.29, 0.717) is 19.8 Å². The van der Waals surface area contributed by atoms with Crippen molar-refractivity contribution in [2.24, 2.45) is 0 Å². The topological polar surface area (TPSA) is 50.8 Å². The number of hydrogen-bond donors (Lipinski definition) is 1. The van der Waals surface area contributed by atoms with Crippen LogP contribution in [0.15, 0.2) is 24.3 Å². The monoisotopic (exact) mass is 292 g/mol. The molecule has 1 unspecified atom stereocenters. The van der Waals surface area contributed by atoms with Crippen molar-refractivity contribution in [2.45, 2.75) is 26.4 Å². The average molecular weight is 292 g/mol. The number of carbonyl (C=O) groups is 1. The molecule has 5 heteroatoms. The number of nitrogens with zero attached hydrogens (tertiary/aromatic N) is 1. The molecule has 1 aliphatic heterocycles. The second-order valence-electron chi connectivity index (χ2n) is 5.30. The molecular formula is C16H24N2O3. The standard InChI is InChI=1S/C16H24N2O3/c1-3-13(2)21-15-6-4-14(5-7-15)17-16(19)12-18-8-10-20-11-9-18/h4-7,13H,3,8-12H2,1-2H3,(H,17,19). The smallest absolute Gasteiger partial charge is 0.238 e. The molecule has 2 rings (SSSR count). The third-order valence-electron chi connectivity index (χ3n) is 3.52. The molecule has 0 bridgehead atoms. The molecule has 1 amide bonds. The van der Waals surface area contributed by atoms with Gasteiger partial charge in [-0.25, -0.2) is 0 Å².